The molecule has 0 aromatic carbocycles. The van der Waals surface area contributed by atoms with Crippen LogP contribution in [0.2, 0.25) is 0 Å². The quantitative estimate of drug-likeness (QED) is 0.163. The molecule has 176 valence electrons. The number of rotatable bonds is 24. The molecule has 5 nitrogen and oxygen atoms in total. The molecule has 0 fully saturated rings. The van der Waals surface area contributed by atoms with E-state index >= 15 is 0 Å². The lowest BCUT2D eigenvalue weighted by Crippen LogP contribution is -2.37. The summed E-state index contributed by atoms with van der Waals surface area (Å²) in [6, 6.07) is 0. The van der Waals surface area contributed by atoms with Gasteiger partial charge in [-0.05, 0) is 24.9 Å². The molecule has 0 aliphatic carbocycles. The average Bonchev–Trinajstić information content (AvgIpc) is 2.67. The fourth-order valence-corrected chi connectivity index (χ4v) is 3.28. The minimum absolute atomic E-state index is 0.621. The summed E-state index contributed by atoms with van der Waals surface area (Å²) >= 11 is 1.96. The van der Waals surface area contributed by atoms with Crippen molar-refractivity contribution in [3.05, 3.63) is 0 Å². The maximum absolute atomic E-state index is 5.63. The lowest BCUT2D eigenvalue weighted by atomic mass is 10.1. The van der Waals surface area contributed by atoms with Crippen molar-refractivity contribution in [1.82, 2.24) is 0 Å². The van der Waals surface area contributed by atoms with Gasteiger partial charge in [0.2, 0.25) is 0 Å². The van der Waals surface area contributed by atoms with Gasteiger partial charge < -0.3 is 23.4 Å². The van der Waals surface area contributed by atoms with E-state index in [-0.39, 0.29) is 0 Å². The normalized spacial score (nSPS) is 12.0. The van der Waals surface area contributed by atoms with E-state index in [4.69, 9.17) is 18.9 Å². The molecule has 0 aliphatic heterocycles. The van der Waals surface area contributed by atoms with Crippen molar-refractivity contribution in [1.29, 1.82) is 0 Å². The van der Waals surface area contributed by atoms with E-state index < -0.39 is 0 Å². The standard InChI is InChI=1S/C23H50NO4S/c1-24(2,3)14-16-26-18-20-28-22-21-27-19-17-25-15-12-10-8-6-5-7-9-11-13-23-29-4/h5-23H2,1-4H3/q+1. The fourth-order valence-electron chi connectivity index (χ4n) is 2.79. The number of likely N-dealkylation sites (N-methyl/N-ethyl adjacent to an activating group) is 1. The molecule has 0 heterocycles. The third-order valence-corrected chi connectivity index (χ3v) is 5.36. The lowest BCUT2D eigenvalue weighted by Gasteiger charge is -2.23. The van der Waals surface area contributed by atoms with Crippen LogP contribution in [-0.4, -0.2) is 97.0 Å². The van der Waals surface area contributed by atoms with Crippen LogP contribution in [0.4, 0.5) is 0 Å². The molecule has 6 heteroatoms. The first-order chi connectivity index (χ1) is 14.1. The highest BCUT2D eigenvalue weighted by atomic mass is 32.2. The van der Waals surface area contributed by atoms with Crippen molar-refractivity contribution in [2.24, 2.45) is 0 Å². The summed E-state index contributed by atoms with van der Waals surface area (Å²) in [7, 11) is 6.50. The molecule has 0 unspecified atom stereocenters. The number of unbranched alkanes of at least 4 members (excludes halogenated alkanes) is 8. The Kier molecular flexibility index (Phi) is 22.9. The van der Waals surface area contributed by atoms with Crippen LogP contribution in [0.3, 0.4) is 0 Å². The van der Waals surface area contributed by atoms with Crippen LogP contribution in [0.1, 0.15) is 57.8 Å². The number of hydrogen-bond donors (Lipinski definition) is 0. The van der Waals surface area contributed by atoms with Crippen LogP contribution in [0.25, 0.3) is 0 Å². The zero-order valence-electron chi connectivity index (χ0n) is 19.9. The molecule has 0 radical (unpaired) electrons. The lowest BCUT2D eigenvalue weighted by molar-refractivity contribution is -0.870. The molecule has 0 aromatic rings. The fraction of sp³-hybridized carbons (Fsp3) is 1.00. The predicted molar refractivity (Wildman–Crippen MR) is 126 cm³/mol. The monoisotopic (exact) mass is 436 g/mol. The molecule has 0 N–H and O–H groups in total. The van der Waals surface area contributed by atoms with Crippen molar-refractivity contribution >= 4 is 11.8 Å². The first-order valence-corrected chi connectivity index (χ1v) is 13.1. The van der Waals surface area contributed by atoms with E-state index in [2.05, 4.69) is 27.4 Å². The molecule has 0 aliphatic rings. The number of quaternary nitrogens is 1. The van der Waals surface area contributed by atoms with Crippen molar-refractivity contribution in [2.45, 2.75) is 57.8 Å². The smallest absolute Gasteiger partial charge is 0.102 e. The highest BCUT2D eigenvalue weighted by molar-refractivity contribution is 7.98. The summed E-state index contributed by atoms with van der Waals surface area (Å²) in [5.41, 5.74) is 0. The molecular weight excluding hydrogens is 386 g/mol. The third kappa shape index (κ3) is 28.2. The van der Waals surface area contributed by atoms with Crippen LogP contribution in [0.5, 0.6) is 0 Å². The summed E-state index contributed by atoms with van der Waals surface area (Å²) in [6.07, 6.45) is 14.4. The van der Waals surface area contributed by atoms with Gasteiger partial charge in [0.1, 0.15) is 6.54 Å². The Bertz CT molecular complexity index is 314. The minimum Gasteiger partial charge on any atom is -0.379 e. The van der Waals surface area contributed by atoms with Gasteiger partial charge in [-0.3, -0.25) is 0 Å². The van der Waals surface area contributed by atoms with Crippen LogP contribution in [-0.2, 0) is 18.9 Å². The number of hydrogen-bond acceptors (Lipinski definition) is 5. The van der Waals surface area contributed by atoms with Crippen molar-refractivity contribution in [2.75, 3.05) is 92.6 Å². The zero-order valence-corrected chi connectivity index (χ0v) is 20.7. The maximum Gasteiger partial charge on any atom is 0.102 e. The summed E-state index contributed by atoms with van der Waals surface area (Å²) in [5, 5.41) is 0. The molecule has 0 spiro atoms. The molecule has 0 rings (SSSR count). The first-order valence-electron chi connectivity index (χ1n) is 11.7. The van der Waals surface area contributed by atoms with E-state index in [0.29, 0.717) is 39.6 Å². The van der Waals surface area contributed by atoms with E-state index in [1.807, 2.05) is 11.8 Å². The first kappa shape index (κ1) is 29.1. The molecule has 0 saturated heterocycles. The van der Waals surface area contributed by atoms with Gasteiger partial charge in [0.05, 0.1) is 67.4 Å². The van der Waals surface area contributed by atoms with Crippen LogP contribution < -0.4 is 0 Å². The van der Waals surface area contributed by atoms with E-state index in [1.165, 1.54) is 63.5 Å². The highest BCUT2D eigenvalue weighted by Gasteiger charge is 2.05. The summed E-state index contributed by atoms with van der Waals surface area (Å²) in [4.78, 5) is 0. The van der Waals surface area contributed by atoms with Crippen LogP contribution in [0, 0.1) is 0 Å². The summed E-state index contributed by atoms with van der Waals surface area (Å²) in [5.74, 6) is 1.33. The number of thioether (sulfide) groups is 1. The van der Waals surface area contributed by atoms with Crippen molar-refractivity contribution in [3.63, 3.8) is 0 Å². The third-order valence-electron chi connectivity index (χ3n) is 4.66. The van der Waals surface area contributed by atoms with Gasteiger partial charge >= 0.3 is 0 Å². The summed E-state index contributed by atoms with van der Waals surface area (Å²) in [6.45, 7) is 6.52. The van der Waals surface area contributed by atoms with Crippen LogP contribution in [0.15, 0.2) is 0 Å². The zero-order chi connectivity index (χ0) is 21.5. The Morgan fingerprint density at radius 1 is 0.483 bits per heavy atom. The minimum atomic E-state index is 0.621. The largest absolute Gasteiger partial charge is 0.379 e. The molecule has 0 bridgehead atoms. The molecule has 0 aromatic heterocycles. The van der Waals surface area contributed by atoms with Gasteiger partial charge in [-0.1, -0.05) is 44.9 Å². The molecule has 0 amide bonds. The maximum atomic E-state index is 5.63. The second-order valence-electron chi connectivity index (χ2n) is 8.64. The number of ether oxygens (including phenoxy) is 4. The average molecular weight is 437 g/mol. The van der Waals surface area contributed by atoms with Crippen molar-refractivity contribution < 1.29 is 23.4 Å². The summed E-state index contributed by atoms with van der Waals surface area (Å²) < 4.78 is 23.1. The van der Waals surface area contributed by atoms with Gasteiger partial charge in [0, 0.05) is 6.61 Å². The van der Waals surface area contributed by atoms with E-state index in [9.17, 15) is 0 Å². The highest BCUT2D eigenvalue weighted by Crippen LogP contribution is 2.10. The second kappa shape index (κ2) is 22.8. The van der Waals surface area contributed by atoms with E-state index in [0.717, 1.165) is 24.2 Å². The molecule has 0 atom stereocenters. The van der Waals surface area contributed by atoms with Gasteiger partial charge in [0.15, 0.2) is 0 Å². The molecule has 29 heavy (non-hydrogen) atoms. The molecule has 0 saturated carbocycles. The Morgan fingerprint density at radius 2 is 0.862 bits per heavy atom. The van der Waals surface area contributed by atoms with Crippen LogP contribution >= 0.6 is 11.8 Å². The van der Waals surface area contributed by atoms with E-state index in [1.54, 1.807) is 0 Å². The SMILES string of the molecule is CSCCCCCCCCCCCOCCOCCOCCOCC[N+](C)(C)C. The second-order valence-corrected chi connectivity index (χ2v) is 9.62. The Labute approximate surface area is 185 Å². The van der Waals surface area contributed by atoms with Gasteiger partial charge in [-0.25, -0.2) is 0 Å². The Balaban J connectivity index is 3.02. The van der Waals surface area contributed by atoms with Gasteiger partial charge in [0.25, 0.3) is 0 Å². The predicted octanol–water partition coefficient (Wildman–Crippen LogP) is 4.63. The van der Waals surface area contributed by atoms with Gasteiger partial charge in [-0.2, -0.15) is 11.8 Å². The Hall–Kier alpha value is 0.150. The number of nitrogens with zero attached hydrogens (tertiary/aromatic N) is 1. The molecular formula is C23H50NO4S+. The van der Waals surface area contributed by atoms with Gasteiger partial charge in [-0.15, -0.1) is 0 Å². The Morgan fingerprint density at radius 3 is 1.31 bits per heavy atom. The van der Waals surface area contributed by atoms with Crippen molar-refractivity contribution in [3.8, 4) is 0 Å². The topological polar surface area (TPSA) is 36.9 Å².